The zero-order chi connectivity index (χ0) is 9.97. The van der Waals surface area contributed by atoms with Crippen LogP contribution in [0.15, 0.2) is 18.7 Å². The van der Waals surface area contributed by atoms with Crippen LogP contribution in [0.25, 0.3) is 11.4 Å². The van der Waals surface area contributed by atoms with Gasteiger partial charge in [-0.05, 0) is 5.21 Å². The average molecular weight is 231 g/mol. The summed E-state index contributed by atoms with van der Waals surface area (Å²) in [4.78, 5) is 7.88. The quantitative estimate of drug-likeness (QED) is 0.723. The molecule has 72 valence electrons. The van der Waals surface area contributed by atoms with Crippen molar-refractivity contribution in [2.45, 2.75) is 4.96 Å². The van der Waals surface area contributed by atoms with Crippen molar-refractivity contribution in [3.63, 3.8) is 0 Å². The molecule has 2 aromatic rings. The Kier molecular flexibility index (Phi) is 2.55. The van der Waals surface area contributed by atoms with Crippen molar-refractivity contribution in [3.8, 4) is 11.4 Å². The minimum absolute atomic E-state index is 0.386. The normalized spacial score (nSPS) is 10.8. The van der Waals surface area contributed by atoms with Crippen molar-refractivity contribution >= 4 is 23.2 Å². The van der Waals surface area contributed by atoms with Gasteiger partial charge in [0, 0.05) is 12.4 Å². The molecular weight excluding hydrogens is 227 g/mol. The maximum atomic E-state index is 5.54. The molecule has 0 spiro atoms. The van der Waals surface area contributed by atoms with Gasteiger partial charge in [0.15, 0.2) is 0 Å². The Morgan fingerprint density at radius 3 is 2.50 bits per heavy atom. The van der Waals surface area contributed by atoms with Crippen LogP contribution in [0.5, 0.6) is 0 Å². The van der Waals surface area contributed by atoms with E-state index in [1.54, 1.807) is 12.4 Å². The Morgan fingerprint density at radius 1 is 1.21 bits per heavy atom. The largest absolute Gasteiger partial charge is 0.244 e. The van der Waals surface area contributed by atoms with Crippen LogP contribution in [0.2, 0.25) is 0 Å². The molecular formula is C6H4Cl2N6. The van der Waals surface area contributed by atoms with Crippen LogP contribution < -0.4 is 0 Å². The Hall–Kier alpha value is -1.27. The van der Waals surface area contributed by atoms with E-state index in [0.717, 1.165) is 4.80 Å². The standard InChI is InChI=1S/C6H4Cl2N6/c7-6(8)14-12-5(11-13-14)4-1-9-3-10-2-4/h1-3,6H. The summed E-state index contributed by atoms with van der Waals surface area (Å²) in [5.74, 6) is 0.386. The fourth-order valence-corrected chi connectivity index (χ4v) is 1.00. The molecule has 0 aromatic carbocycles. The highest BCUT2D eigenvalue weighted by molar-refractivity contribution is 6.41. The zero-order valence-electron chi connectivity index (χ0n) is 6.75. The maximum absolute atomic E-state index is 5.54. The first-order valence-corrected chi connectivity index (χ1v) is 4.47. The number of nitrogens with zero attached hydrogens (tertiary/aromatic N) is 6. The van der Waals surface area contributed by atoms with Gasteiger partial charge in [-0.1, -0.05) is 23.2 Å². The van der Waals surface area contributed by atoms with Gasteiger partial charge in [-0.3, -0.25) is 0 Å². The first-order valence-electron chi connectivity index (χ1n) is 3.60. The molecule has 0 bridgehead atoms. The molecule has 8 heteroatoms. The molecule has 0 amide bonds. The molecule has 2 rings (SSSR count). The molecule has 0 radical (unpaired) electrons. The molecule has 0 atom stereocenters. The van der Waals surface area contributed by atoms with Crippen molar-refractivity contribution in [1.29, 1.82) is 0 Å². The maximum Gasteiger partial charge on any atom is 0.219 e. The molecule has 0 aliphatic rings. The first-order chi connectivity index (χ1) is 6.77. The smallest absolute Gasteiger partial charge is 0.219 e. The average Bonchev–Trinajstić information content (AvgIpc) is 2.68. The van der Waals surface area contributed by atoms with E-state index < -0.39 is 4.96 Å². The monoisotopic (exact) mass is 230 g/mol. The van der Waals surface area contributed by atoms with Crippen LogP contribution in [-0.4, -0.2) is 30.2 Å². The Morgan fingerprint density at radius 2 is 1.93 bits per heavy atom. The van der Waals surface area contributed by atoms with E-state index in [9.17, 15) is 0 Å². The van der Waals surface area contributed by atoms with Crippen LogP contribution in [0.4, 0.5) is 0 Å². The molecule has 0 aliphatic carbocycles. The topological polar surface area (TPSA) is 69.4 Å². The lowest BCUT2D eigenvalue weighted by atomic mass is 10.3. The predicted molar refractivity (Wildman–Crippen MR) is 49.6 cm³/mol. The van der Waals surface area contributed by atoms with E-state index in [2.05, 4.69) is 25.4 Å². The summed E-state index contributed by atoms with van der Waals surface area (Å²) in [6.45, 7) is 0. The van der Waals surface area contributed by atoms with Gasteiger partial charge in [-0.25, -0.2) is 9.97 Å². The third-order valence-electron chi connectivity index (χ3n) is 1.42. The minimum Gasteiger partial charge on any atom is -0.244 e. The molecule has 0 fully saturated rings. The van der Waals surface area contributed by atoms with Crippen molar-refractivity contribution in [2.75, 3.05) is 0 Å². The van der Waals surface area contributed by atoms with E-state index in [-0.39, 0.29) is 0 Å². The SMILES string of the molecule is ClC(Cl)n1nnc(-c2cncnc2)n1. The van der Waals surface area contributed by atoms with Crippen molar-refractivity contribution in [3.05, 3.63) is 18.7 Å². The van der Waals surface area contributed by atoms with Crippen LogP contribution in [0.3, 0.4) is 0 Å². The van der Waals surface area contributed by atoms with E-state index >= 15 is 0 Å². The Bertz CT molecular complexity index is 413. The number of alkyl halides is 2. The molecule has 0 N–H and O–H groups in total. The molecule has 6 nitrogen and oxygen atoms in total. The fourth-order valence-electron chi connectivity index (χ4n) is 0.838. The highest BCUT2D eigenvalue weighted by atomic mass is 35.5. The molecule has 2 heterocycles. The molecule has 14 heavy (non-hydrogen) atoms. The number of hydrogen-bond donors (Lipinski definition) is 0. The summed E-state index contributed by atoms with van der Waals surface area (Å²) < 4.78 is 0. The number of tetrazole rings is 1. The highest BCUT2D eigenvalue weighted by Crippen LogP contribution is 2.16. The summed E-state index contributed by atoms with van der Waals surface area (Å²) >= 11 is 11.1. The third kappa shape index (κ3) is 1.80. The fraction of sp³-hybridized carbons (Fsp3) is 0.167. The summed E-state index contributed by atoms with van der Waals surface area (Å²) in [7, 11) is 0. The van der Waals surface area contributed by atoms with Gasteiger partial charge in [0.1, 0.15) is 6.33 Å². The van der Waals surface area contributed by atoms with E-state index in [0.29, 0.717) is 11.4 Å². The number of rotatable bonds is 2. The van der Waals surface area contributed by atoms with Gasteiger partial charge in [0.25, 0.3) is 0 Å². The molecule has 0 unspecified atom stereocenters. The van der Waals surface area contributed by atoms with Crippen molar-refractivity contribution in [2.24, 2.45) is 0 Å². The highest BCUT2D eigenvalue weighted by Gasteiger charge is 2.09. The number of halogens is 2. The second-order valence-corrected chi connectivity index (χ2v) is 3.39. The summed E-state index contributed by atoms with van der Waals surface area (Å²) in [6.07, 6.45) is 4.57. The van der Waals surface area contributed by atoms with Gasteiger partial charge in [-0.15, -0.1) is 15.0 Å². The Balaban J connectivity index is 2.34. The predicted octanol–water partition coefficient (Wildman–Crippen LogP) is 1.06. The molecule has 2 aromatic heterocycles. The first kappa shape index (κ1) is 9.29. The second kappa shape index (κ2) is 3.85. The lowest BCUT2D eigenvalue weighted by Gasteiger charge is -1.94. The minimum atomic E-state index is -0.846. The zero-order valence-corrected chi connectivity index (χ0v) is 8.26. The van der Waals surface area contributed by atoms with Crippen LogP contribution in [0, 0.1) is 0 Å². The van der Waals surface area contributed by atoms with E-state index in [1.807, 2.05) is 0 Å². The van der Waals surface area contributed by atoms with Gasteiger partial charge in [0.2, 0.25) is 10.8 Å². The molecule has 0 saturated heterocycles. The summed E-state index contributed by atoms with van der Waals surface area (Å²) in [5, 5.41) is 11.3. The Labute approximate surface area is 88.9 Å². The number of aromatic nitrogens is 6. The number of hydrogen-bond acceptors (Lipinski definition) is 5. The van der Waals surface area contributed by atoms with Crippen molar-refractivity contribution < 1.29 is 0 Å². The van der Waals surface area contributed by atoms with Crippen LogP contribution in [-0.2, 0) is 0 Å². The van der Waals surface area contributed by atoms with Gasteiger partial charge >= 0.3 is 0 Å². The van der Waals surface area contributed by atoms with Gasteiger partial charge in [0.05, 0.1) is 5.56 Å². The summed E-state index contributed by atoms with van der Waals surface area (Å²) in [5.41, 5.74) is 0.660. The van der Waals surface area contributed by atoms with Crippen molar-refractivity contribution in [1.82, 2.24) is 30.2 Å². The second-order valence-electron chi connectivity index (χ2n) is 2.34. The van der Waals surface area contributed by atoms with Gasteiger partial charge in [-0.2, -0.15) is 0 Å². The van der Waals surface area contributed by atoms with E-state index in [1.165, 1.54) is 6.33 Å². The summed E-state index contributed by atoms with van der Waals surface area (Å²) in [6, 6.07) is 0. The van der Waals surface area contributed by atoms with Crippen LogP contribution >= 0.6 is 23.2 Å². The third-order valence-corrected chi connectivity index (χ3v) is 1.77. The van der Waals surface area contributed by atoms with Gasteiger partial charge < -0.3 is 0 Å². The molecule has 0 aliphatic heterocycles. The van der Waals surface area contributed by atoms with E-state index in [4.69, 9.17) is 23.2 Å². The lowest BCUT2D eigenvalue weighted by molar-refractivity contribution is 0.597. The molecule has 0 saturated carbocycles. The lowest BCUT2D eigenvalue weighted by Crippen LogP contribution is -2.00. The van der Waals surface area contributed by atoms with Crippen LogP contribution in [0.1, 0.15) is 4.96 Å².